The van der Waals surface area contributed by atoms with Gasteiger partial charge >= 0.3 is 17.8 Å². The first kappa shape index (κ1) is 30.5. The number of thioether (sulfide) groups is 1. The molecule has 0 unspecified atom stereocenters. The second kappa shape index (κ2) is 12.0. The number of carbonyl (C=O) groups excluding carboxylic acids is 1. The highest BCUT2D eigenvalue weighted by Crippen LogP contribution is 2.41. The van der Waals surface area contributed by atoms with Crippen molar-refractivity contribution in [2.45, 2.75) is 88.1 Å². The Bertz CT molecular complexity index is 1400. The molecule has 0 saturated heterocycles. The highest BCUT2D eigenvalue weighted by Gasteiger charge is 2.35. The van der Waals surface area contributed by atoms with Gasteiger partial charge < -0.3 is 9.15 Å². The molecule has 0 aliphatic rings. The Morgan fingerprint density at radius 2 is 1.74 bits per heavy atom. The molecule has 0 aliphatic carbocycles. The Balaban J connectivity index is 1.92. The molecule has 8 heteroatoms. The lowest BCUT2D eigenvalue weighted by Gasteiger charge is -2.34. The molecule has 0 amide bonds. The number of carbonyl (C=O) groups is 1. The number of unbranched alkanes of at least 4 members (excludes halogenated alkanes) is 2. The maximum atomic E-state index is 14.0. The first-order valence-corrected chi connectivity index (χ1v) is 13.8. The molecule has 39 heavy (non-hydrogen) atoms. The molecule has 2 aromatic carbocycles. The molecule has 0 bridgehead atoms. The summed E-state index contributed by atoms with van der Waals surface area (Å²) in [4.78, 5) is 25.4. The van der Waals surface area contributed by atoms with E-state index in [1.165, 1.54) is 23.9 Å². The summed E-state index contributed by atoms with van der Waals surface area (Å²) in [6.45, 7) is 13.1. The molecular formula is C31H35F3O4S. The first-order chi connectivity index (χ1) is 18.1. The summed E-state index contributed by atoms with van der Waals surface area (Å²) in [5.41, 5.74) is -1.83. The monoisotopic (exact) mass is 560 g/mol. The average Bonchev–Trinajstić information content (AvgIpc) is 2.81. The number of rotatable bonds is 11. The molecule has 0 N–H and O–H groups in total. The predicted octanol–water partition coefficient (Wildman–Crippen LogP) is 8.98. The van der Waals surface area contributed by atoms with Crippen LogP contribution in [-0.4, -0.2) is 16.3 Å². The van der Waals surface area contributed by atoms with Gasteiger partial charge in [-0.1, -0.05) is 58.4 Å². The van der Waals surface area contributed by atoms with Gasteiger partial charge in [0.25, 0.3) is 0 Å². The molecule has 3 rings (SSSR count). The molecule has 4 nitrogen and oxygen atoms in total. The summed E-state index contributed by atoms with van der Waals surface area (Å²) in [6.07, 6.45) is 0.310. The molecule has 210 valence electrons. The smallest absolute Gasteiger partial charge is 0.417 e. The average molecular weight is 561 g/mol. The van der Waals surface area contributed by atoms with Gasteiger partial charge in [0.1, 0.15) is 11.2 Å². The van der Waals surface area contributed by atoms with E-state index in [4.69, 9.17) is 9.15 Å². The highest BCUT2D eigenvalue weighted by molar-refractivity contribution is 8.00. The van der Waals surface area contributed by atoms with E-state index >= 15 is 0 Å². The van der Waals surface area contributed by atoms with Gasteiger partial charge in [0.05, 0.1) is 11.1 Å². The Morgan fingerprint density at radius 3 is 2.38 bits per heavy atom. The summed E-state index contributed by atoms with van der Waals surface area (Å²) in [7, 11) is 0. The molecule has 0 fully saturated rings. The van der Waals surface area contributed by atoms with Crippen molar-refractivity contribution in [1.29, 1.82) is 0 Å². The number of benzene rings is 2. The largest absolute Gasteiger partial charge is 0.456 e. The maximum absolute atomic E-state index is 14.0. The minimum absolute atomic E-state index is 0.124. The van der Waals surface area contributed by atoms with Crippen molar-refractivity contribution in [1.82, 2.24) is 0 Å². The number of hydrogen-bond acceptors (Lipinski definition) is 5. The minimum atomic E-state index is -4.61. The van der Waals surface area contributed by atoms with Crippen LogP contribution in [0, 0.1) is 0 Å². The molecular weight excluding hydrogens is 525 g/mol. The van der Waals surface area contributed by atoms with Gasteiger partial charge in [0.2, 0.25) is 0 Å². The molecule has 0 radical (unpaired) electrons. The van der Waals surface area contributed by atoms with Gasteiger partial charge in [-0.15, -0.1) is 11.8 Å². The van der Waals surface area contributed by atoms with Crippen molar-refractivity contribution in [3.8, 4) is 11.1 Å². The fourth-order valence-electron chi connectivity index (χ4n) is 4.87. The van der Waals surface area contributed by atoms with Gasteiger partial charge in [0, 0.05) is 33.1 Å². The van der Waals surface area contributed by atoms with E-state index in [0.29, 0.717) is 23.8 Å². The van der Waals surface area contributed by atoms with Gasteiger partial charge in [-0.3, -0.25) is 0 Å². The number of esters is 1. The van der Waals surface area contributed by atoms with Crippen LogP contribution < -0.4 is 5.63 Å². The molecule has 0 aliphatic heterocycles. The number of halogens is 3. The fourth-order valence-corrected chi connectivity index (χ4v) is 6.23. The van der Waals surface area contributed by atoms with Crippen LogP contribution in [0.2, 0.25) is 0 Å². The fraction of sp³-hybridized carbons (Fsp3) is 0.419. The molecule has 1 heterocycles. The second-order valence-corrected chi connectivity index (χ2v) is 12.7. The quantitative estimate of drug-likeness (QED) is 0.0770. The lowest BCUT2D eigenvalue weighted by Crippen LogP contribution is -2.35. The third kappa shape index (κ3) is 8.24. The van der Waals surface area contributed by atoms with Crippen molar-refractivity contribution < 1.29 is 27.1 Å². The van der Waals surface area contributed by atoms with Gasteiger partial charge in [-0.25, -0.2) is 9.59 Å². The normalized spacial score (nSPS) is 12.5. The molecule has 1 aromatic heterocycles. The van der Waals surface area contributed by atoms with Crippen LogP contribution in [0.1, 0.15) is 71.4 Å². The first-order valence-electron chi connectivity index (χ1n) is 13.0. The number of fused-ring (bicyclic) bond motifs is 1. The van der Waals surface area contributed by atoms with Crippen molar-refractivity contribution in [3.63, 3.8) is 0 Å². The van der Waals surface area contributed by atoms with Crippen molar-refractivity contribution in [2.24, 2.45) is 0 Å². The third-order valence-electron chi connectivity index (χ3n) is 6.25. The highest BCUT2D eigenvalue weighted by atomic mass is 32.2. The zero-order valence-electron chi connectivity index (χ0n) is 23.0. The number of alkyl halides is 3. The van der Waals surface area contributed by atoms with E-state index in [1.807, 2.05) is 40.7 Å². The minimum Gasteiger partial charge on any atom is -0.456 e. The maximum Gasteiger partial charge on any atom is 0.417 e. The summed E-state index contributed by atoms with van der Waals surface area (Å²) in [5.74, 6) is -0.496. The summed E-state index contributed by atoms with van der Waals surface area (Å²) in [5, 5.41) is 0.521. The van der Waals surface area contributed by atoms with Crippen LogP contribution in [-0.2, 0) is 22.1 Å². The van der Waals surface area contributed by atoms with Crippen LogP contribution in [0.5, 0.6) is 0 Å². The lowest BCUT2D eigenvalue weighted by atomic mass is 9.95. The van der Waals surface area contributed by atoms with E-state index in [9.17, 15) is 22.8 Å². The van der Waals surface area contributed by atoms with Crippen LogP contribution in [0.4, 0.5) is 13.2 Å². The topological polar surface area (TPSA) is 56.5 Å². The van der Waals surface area contributed by atoms with Crippen molar-refractivity contribution in [2.75, 3.05) is 0 Å². The molecule has 0 spiro atoms. The standard InChI is InChI=1S/C31H35F3O4S/c1-7-9-10-11-20-12-15-23(25(16-20)31(32,33)34)24-17-21-13-14-22(18-26(21)37-28(24)36)39-30(5,6)19-29(3,4)38-27(35)8-2/h8,12-18H,2,7,9-11,19H2,1,3-6H3. The van der Waals surface area contributed by atoms with Crippen LogP contribution in [0.15, 0.2) is 69.2 Å². The van der Waals surface area contributed by atoms with E-state index < -0.39 is 28.9 Å². The Morgan fingerprint density at radius 1 is 1.03 bits per heavy atom. The molecule has 0 saturated carbocycles. The Hall–Kier alpha value is -3.00. The van der Waals surface area contributed by atoms with Crippen molar-refractivity contribution >= 4 is 28.7 Å². The zero-order chi connectivity index (χ0) is 29.0. The van der Waals surface area contributed by atoms with E-state index in [-0.39, 0.29) is 21.5 Å². The van der Waals surface area contributed by atoms with Gasteiger partial charge in [-0.2, -0.15) is 13.2 Å². The van der Waals surface area contributed by atoms with E-state index in [0.717, 1.165) is 36.3 Å². The summed E-state index contributed by atoms with van der Waals surface area (Å²) in [6, 6.07) is 10.9. The van der Waals surface area contributed by atoms with Crippen molar-refractivity contribution in [3.05, 3.63) is 76.7 Å². The third-order valence-corrected chi connectivity index (χ3v) is 7.43. The Kier molecular flexibility index (Phi) is 9.42. The predicted molar refractivity (Wildman–Crippen MR) is 151 cm³/mol. The van der Waals surface area contributed by atoms with Crippen LogP contribution in [0.3, 0.4) is 0 Å². The number of hydrogen-bond donors (Lipinski definition) is 0. The van der Waals surface area contributed by atoms with Crippen LogP contribution in [0.25, 0.3) is 22.1 Å². The van der Waals surface area contributed by atoms with E-state index in [1.54, 1.807) is 18.2 Å². The second-order valence-electron chi connectivity index (χ2n) is 10.9. The van der Waals surface area contributed by atoms with Gasteiger partial charge in [-0.05, 0) is 56.5 Å². The van der Waals surface area contributed by atoms with E-state index in [2.05, 4.69) is 6.58 Å². The summed E-state index contributed by atoms with van der Waals surface area (Å²) >= 11 is 1.52. The Labute approximate surface area is 231 Å². The number of aryl methyl sites for hydroxylation is 1. The molecule has 0 atom stereocenters. The summed E-state index contributed by atoms with van der Waals surface area (Å²) < 4.78 is 52.6. The molecule has 3 aromatic rings. The SMILES string of the molecule is C=CC(=O)OC(C)(C)CC(C)(C)Sc1ccc2cc(-c3ccc(CCCCC)cc3C(F)(F)F)c(=O)oc2c1. The van der Waals surface area contributed by atoms with Gasteiger partial charge in [0.15, 0.2) is 0 Å². The zero-order valence-corrected chi connectivity index (χ0v) is 23.9. The number of ether oxygens (including phenoxy) is 1. The van der Waals surface area contributed by atoms with Crippen LogP contribution >= 0.6 is 11.8 Å². The lowest BCUT2D eigenvalue weighted by molar-refractivity contribution is -0.151.